The van der Waals surface area contributed by atoms with Crippen molar-refractivity contribution in [2.24, 2.45) is 0 Å². The summed E-state index contributed by atoms with van der Waals surface area (Å²) in [6.45, 7) is 2.89. The molecule has 0 atom stereocenters. The van der Waals surface area contributed by atoms with Gasteiger partial charge in [0.2, 0.25) is 0 Å². The molecule has 4 rings (SSSR count). The van der Waals surface area contributed by atoms with Crippen LogP contribution in [0.15, 0.2) is 36.4 Å². The Morgan fingerprint density at radius 3 is 2.58 bits per heavy atom. The molecule has 2 aromatic carbocycles. The molecular formula is C21H19ClF5N3O2S. The number of ether oxygens (including phenoxy) is 1. The van der Waals surface area contributed by atoms with Crippen LogP contribution in [0.3, 0.4) is 0 Å². The lowest BCUT2D eigenvalue weighted by molar-refractivity contribution is -0.137. The minimum absolute atomic E-state index is 0. The Morgan fingerprint density at radius 2 is 1.88 bits per heavy atom. The quantitative estimate of drug-likeness (QED) is 0.456. The lowest BCUT2D eigenvalue weighted by Crippen LogP contribution is -2.43. The highest BCUT2D eigenvalue weighted by molar-refractivity contribution is 7.22. The highest BCUT2D eigenvalue weighted by Gasteiger charge is 2.32. The van der Waals surface area contributed by atoms with Gasteiger partial charge < -0.3 is 4.74 Å². The van der Waals surface area contributed by atoms with Crippen LogP contribution in [0.1, 0.15) is 15.9 Å². The van der Waals surface area contributed by atoms with E-state index in [0.717, 1.165) is 35.6 Å². The lowest BCUT2D eigenvalue weighted by Gasteiger charge is -2.29. The van der Waals surface area contributed by atoms with E-state index in [0.29, 0.717) is 38.9 Å². The Hall–Kier alpha value is -2.34. The topological polar surface area (TPSA) is 45.7 Å². The number of benzene rings is 2. The molecule has 0 spiro atoms. The predicted octanol–water partition coefficient (Wildman–Crippen LogP) is 4.99. The first-order chi connectivity index (χ1) is 15.2. The first-order valence-corrected chi connectivity index (χ1v) is 10.6. The number of alkyl halides is 3. The number of nitrogens with zero attached hydrogens (tertiary/aromatic N) is 3. The van der Waals surface area contributed by atoms with Crippen LogP contribution in [0.25, 0.3) is 10.2 Å². The number of carbonyl (C=O) groups excluding carboxylic acids is 1. The molecule has 1 aromatic heterocycles. The number of carbonyl (C=O) groups is 1. The fourth-order valence-corrected chi connectivity index (χ4v) is 4.42. The molecule has 5 nitrogen and oxygen atoms in total. The van der Waals surface area contributed by atoms with Crippen LogP contribution in [-0.2, 0) is 10.9 Å². The number of hydrogen-bond acceptors (Lipinski definition) is 5. The molecule has 12 heteroatoms. The summed E-state index contributed by atoms with van der Waals surface area (Å²) in [4.78, 5) is 20.7. The molecule has 2 heterocycles. The standard InChI is InChI=1S/C21H18F5N3O2S.ClH/c22-15-11-16(23)18-17(12-15)32-20(27-18)29(5-4-28-6-8-31-9-7-28)19(30)13-2-1-3-14(10-13)21(24,25)26;/h1-3,10-12H,4-9H2;1H. The maximum atomic E-state index is 14.2. The van der Waals surface area contributed by atoms with Gasteiger partial charge >= 0.3 is 6.18 Å². The van der Waals surface area contributed by atoms with Gasteiger partial charge in [-0.15, -0.1) is 12.4 Å². The maximum Gasteiger partial charge on any atom is 0.416 e. The number of anilines is 1. The Kier molecular flexibility index (Phi) is 7.88. The normalized spacial score (nSPS) is 14.8. The smallest absolute Gasteiger partial charge is 0.379 e. The van der Waals surface area contributed by atoms with Crippen LogP contribution in [0.4, 0.5) is 27.1 Å². The minimum Gasteiger partial charge on any atom is -0.379 e. The molecule has 178 valence electrons. The molecule has 1 fully saturated rings. The molecule has 3 aromatic rings. The second kappa shape index (κ2) is 10.3. The number of halogens is 6. The van der Waals surface area contributed by atoms with E-state index >= 15 is 0 Å². The zero-order chi connectivity index (χ0) is 22.9. The third-order valence-electron chi connectivity index (χ3n) is 5.06. The SMILES string of the molecule is Cl.O=C(c1cccc(C(F)(F)F)c1)N(CCN1CCOCC1)c1nc2c(F)cc(F)cc2s1. The summed E-state index contributed by atoms with van der Waals surface area (Å²) in [6.07, 6.45) is -4.61. The van der Waals surface area contributed by atoms with E-state index in [1.165, 1.54) is 11.0 Å². The Bertz CT molecular complexity index is 1130. The number of aromatic nitrogens is 1. The van der Waals surface area contributed by atoms with Crippen LogP contribution in [0.5, 0.6) is 0 Å². The summed E-state index contributed by atoms with van der Waals surface area (Å²) in [6, 6.07) is 5.89. The zero-order valence-corrected chi connectivity index (χ0v) is 18.7. The summed E-state index contributed by atoms with van der Waals surface area (Å²) < 4.78 is 72.7. The van der Waals surface area contributed by atoms with E-state index < -0.39 is 29.3 Å². The highest BCUT2D eigenvalue weighted by atomic mass is 35.5. The minimum atomic E-state index is -4.61. The van der Waals surface area contributed by atoms with Crippen molar-refractivity contribution in [2.45, 2.75) is 6.18 Å². The van der Waals surface area contributed by atoms with Gasteiger partial charge in [-0.1, -0.05) is 17.4 Å². The van der Waals surface area contributed by atoms with E-state index in [-0.39, 0.29) is 39.9 Å². The average molecular weight is 508 g/mol. The summed E-state index contributed by atoms with van der Waals surface area (Å²) in [5, 5.41) is 0.0835. The maximum absolute atomic E-state index is 14.2. The summed E-state index contributed by atoms with van der Waals surface area (Å²) in [7, 11) is 0. The predicted molar refractivity (Wildman–Crippen MR) is 117 cm³/mol. The number of fused-ring (bicyclic) bond motifs is 1. The fraction of sp³-hybridized carbons (Fsp3) is 0.333. The average Bonchev–Trinajstić information content (AvgIpc) is 3.18. The third-order valence-corrected chi connectivity index (χ3v) is 6.08. The molecule has 0 N–H and O–H groups in total. The van der Waals surface area contributed by atoms with Crippen molar-refractivity contribution >= 4 is 45.0 Å². The van der Waals surface area contributed by atoms with Crippen molar-refractivity contribution < 1.29 is 31.5 Å². The highest BCUT2D eigenvalue weighted by Crippen LogP contribution is 2.33. The summed E-state index contributed by atoms with van der Waals surface area (Å²) in [5.41, 5.74) is -1.22. The van der Waals surface area contributed by atoms with Gasteiger partial charge in [0.05, 0.1) is 23.5 Å². The van der Waals surface area contributed by atoms with Gasteiger partial charge in [0.25, 0.3) is 5.91 Å². The van der Waals surface area contributed by atoms with Gasteiger partial charge in [-0.3, -0.25) is 14.6 Å². The summed E-state index contributed by atoms with van der Waals surface area (Å²) >= 11 is 0.902. The van der Waals surface area contributed by atoms with Gasteiger partial charge in [-0.25, -0.2) is 13.8 Å². The van der Waals surface area contributed by atoms with Crippen molar-refractivity contribution in [2.75, 3.05) is 44.3 Å². The van der Waals surface area contributed by atoms with Gasteiger partial charge in [0.15, 0.2) is 10.9 Å². The number of morpholine rings is 1. The lowest BCUT2D eigenvalue weighted by atomic mass is 10.1. The molecule has 33 heavy (non-hydrogen) atoms. The number of hydrogen-bond donors (Lipinski definition) is 0. The second-order valence-corrected chi connectivity index (χ2v) is 8.23. The van der Waals surface area contributed by atoms with Crippen molar-refractivity contribution in [3.63, 3.8) is 0 Å². The van der Waals surface area contributed by atoms with Crippen LogP contribution >= 0.6 is 23.7 Å². The number of rotatable bonds is 5. The monoisotopic (exact) mass is 507 g/mol. The van der Waals surface area contributed by atoms with E-state index in [1.807, 2.05) is 4.90 Å². The molecule has 0 unspecified atom stereocenters. The van der Waals surface area contributed by atoms with Crippen molar-refractivity contribution in [3.8, 4) is 0 Å². The molecule has 0 bridgehead atoms. The van der Waals surface area contributed by atoms with Crippen LogP contribution in [0.2, 0.25) is 0 Å². The summed E-state index contributed by atoms with van der Waals surface area (Å²) in [5.74, 6) is -2.36. The van der Waals surface area contributed by atoms with Crippen LogP contribution in [0, 0.1) is 11.6 Å². The molecular weight excluding hydrogens is 489 g/mol. The van der Waals surface area contributed by atoms with E-state index in [9.17, 15) is 26.7 Å². The van der Waals surface area contributed by atoms with Crippen LogP contribution < -0.4 is 4.90 Å². The molecule has 1 saturated heterocycles. The van der Waals surface area contributed by atoms with E-state index in [2.05, 4.69) is 4.98 Å². The Morgan fingerprint density at radius 1 is 1.15 bits per heavy atom. The largest absolute Gasteiger partial charge is 0.416 e. The molecule has 1 aliphatic rings. The molecule has 1 aliphatic heterocycles. The molecule has 1 amide bonds. The third kappa shape index (κ3) is 5.78. The van der Waals surface area contributed by atoms with Crippen molar-refractivity contribution in [1.29, 1.82) is 0 Å². The van der Waals surface area contributed by atoms with Crippen molar-refractivity contribution in [1.82, 2.24) is 9.88 Å². The van der Waals surface area contributed by atoms with Crippen molar-refractivity contribution in [3.05, 3.63) is 59.2 Å². The molecule has 0 aliphatic carbocycles. The van der Waals surface area contributed by atoms with Gasteiger partial charge in [0, 0.05) is 37.8 Å². The number of amides is 1. The van der Waals surface area contributed by atoms with E-state index in [4.69, 9.17) is 4.74 Å². The number of thiazole rings is 1. The zero-order valence-electron chi connectivity index (χ0n) is 17.1. The Labute approximate surface area is 196 Å². The first-order valence-electron chi connectivity index (χ1n) is 9.77. The molecule has 0 saturated carbocycles. The first kappa shape index (κ1) is 25.3. The van der Waals surface area contributed by atoms with Gasteiger partial charge in [-0.05, 0) is 24.3 Å². The second-order valence-electron chi connectivity index (χ2n) is 7.22. The van der Waals surface area contributed by atoms with Crippen LogP contribution in [-0.4, -0.2) is 55.2 Å². The Balaban J connectivity index is 0.00000306. The van der Waals surface area contributed by atoms with E-state index in [1.54, 1.807) is 0 Å². The van der Waals surface area contributed by atoms with Gasteiger partial charge in [-0.2, -0.15) is 13.2 Å². The van der Waals surface area contributed by atoms with Gasteiger partial charge in [0.1, 0.15) is 11.3 Å². The fourth-order valence-electron chi connectivity index (χ4n) is 3.40. The molecule has 0 radical (unpaired) electrons.